The van der Waals surface area contributed by atoms with Crippen LogP contribution in [0.5, 0.6) is 0 Å². The number of amides is 1. The summed E-state index contributed by atoms with van der Waals surface area (Å²) in [6.45, 7) is 8.38. The van der Waals surface area contributed by atoms with E-state index in [0.717, 1.165) is 24.2 Å². The third-order valence-electron chi connectivity index (χ3n) is 3.44. The number of hydrogen-bond acceptors (Lipinski definition) is 5. The first kappa shape index (κ1) is 16.9. The number of carbonyl (C=O) groups excluding carboxylic acids is 1. The van der Waals surface area contributed by atoms with Gasteiger partial charge >= 0.3 is 0 Å². The number of rotatable bonds is 7. The van der Waals surface area contributed by atoms with E-state index in [9.17, 15) is 4.79 Å². The molecule has 0 aliphatic carbocycles. The standard InChI is InChI=1S/C14H24N4OS/c1-5-14(6-2,9-15)18-12(19)8-20-13-16-10(3)7-11(4)17-13/h7H,5-6,8-9,15H2,1-4H3,(H,18,19). The minimum absolute atomic E-state index is 0.0214. The summed E-state index contributed by atoms with van der Waals surface area (Å²) in [6, 6.07) is 1.91. The Bertz CT molecular complexity index is 432. The molecule has 1 rings (SSSR count). The van der Waals surface area contributed by atoms with Gasteiger partial charge in [-0.25, -0.2) is 9.97 Å². The highest BCUT2D eigenvalue weighted by molar-refractivity contribution is 7.99. The number of nitrogens with zero attached hydrogens (tertiary/aromatic N) is 2. The molecule has 0 saturated heterocycles. The van der Waals surface area contributed by atoms with Crippen molar-refractivity contribution in [3.05, 3.63) is 17.5 Å². The van der Waals surface area contributed by atoms with Gasteiger partial charge in [0.25, 0.3) is 0 Å². The zero-order valence-corrected chi connectivity index (χ0v) is 13.5. The summed E-state index contributed by atoms with van der Waals surface area (Å²) >= 11 is 1.35. The van der Waals surface area contributed by atoms with Crippen LogP contribution in [0, 0.1) is 13.8 Å². The zero-order chi connectivity index (χ0) is 15.2. The molecule has 0 atom stereocenters. The monoisotopic (exact) mass is 296 g/mol. The highest BCUT2D eigenvalue weighted by Gasteiger charge is 2.26. The SMILES string of the molecule is CCC(CC)(CN)NC(=O)CSc1nc(C)cc(C)n1. The lowest BCUT2D eigenvalue weighted by Gasteiger charge is -2.31. The number of thioether (sulfide) groups is 1. The molecular weight excluding hydrogens is 272 g/mol. The molecule has 6 heteroatoms. The van der Waals surface area contributed by atoms with Crippen molar-refractivity contribution in [1.29, 1.82) is 0 Å². The first-order chi connectivity index (χ1) is 9.44. The van der Waals surface area contributed by atoms with E-state index in [2.05, 4.69) is 15.3 Å². The van der Waals surface area contributed by atoms with E-state index in [0.29, 0.717) is 17.5 Å². The Morgan fingerprint density at radius 1 is 1.30 bits per heavy atom. The summed E-state index contributed by atoms with van der Waals surface area (Å²) in [6.07, 6.45) is 1.66. The van der Waals surface area contributed by atoms with E-state index >= 15 is 0 Å². The lowest BCUT2D eigenvalue weighted by atomic mass is 9.93. The fraction of sp³-hybridized carbons (Fsp3) is 0.643. The number of carbonyl (C=O) groups is 1. The Kier molecular flexibility index (Phi) is 6.42. The van der Waals surface area contributed by atoms with E-state index < -0.39 is 0 Å². The predicted molar refractivity (Wildman–Crippen MR) is 82.7 cm³/mol. The predicted octanol–water partition coefficient (Wildman–Crippen LogP) is 1.82. The van der Waals surface area contributed by atoms with Gasteiger partial charge in [-0.15, -0.1) is 0 Å². The fourth-order valence-electron chi connectivity index (χ4n) is 1.99. The quantitative estimate of drug-likeness (QED) is 0.592. The maximum absolute atomic E-state index is 12.0. The summed E-state index contributed by atoms with van der Waals surface area (Å²) < 4.78 is 0. The van der Waals surface area contributed by atoms with Gasteiger partial charge in [-0.2, -0.15) is 0 Å². The summed E-state index contributed by atoms with van der Waals surface area (Å²) in [4.78, 5) is 20.7. The van der Waals surface area contributed by atoms with E-state index in [1.807, 2.05) is 33.8 Å². The average Bonchev–Trinajstić information content (AvgIpc) is 2.42. The van der Waals surface area contributed by atoms with Gasteiger partial charge in [0.15, 0.2) is 5.16 Å². The maximum atomic E-state index is 12.0. The van der Waals surface area contributed by atoms with Crippen LogP contribution in [0.1, 0.15) is 38.1 Å². The molecule has 0 aromatic carbocycles. The molecule has 0 aliphatic rings. The summed E-state index contributed by atoms with van der Waals surface area (Å²) in [7, 11) is 0. The van der Waals surface area contributed by atoms with Gasteiger partial charge in [-0.05, 0) is 32.8 Å². The van der Waals surface area contributed by atoms with Crippen molar-refractivity contribution in [2.24, 2.45) is 5.73 Å². The largest absolute Gasteiger partial charge is 0.349 e. The van der Waals surface area contributed by atoms with Gasteiger partial charge in [0, 0.05) is 17.9 Å². The van der Waals surface area contributed by atoms with Crippen LogP contribution in [0.25, 0.3) is 0 Å². The highest BCUT2D eigenvalue weighted by Crippen LogP contribution is 2.16. The van der Waals surface area contributed by atoms with Crippen molar-refractivity contribution in [2.75, 3.05) is 12.3 Å². The van der Waals surface area contributed by atoms with Crippen LogP contribution < -0.4 is 11.1 Å². The van der Waals surface area contributed by atoms with Crippen molar-refractivity contribution in [3.63, 3.8) is 0 Å². The highest BCUT2D eigenvalue weighted by atomic mass is 32.2. The molecule has 20 heavy (non-hydrogen) atoms. The van der Waals surface area contributed by atoms with Crippen LogP contribution >= 0.6 is 11.8 Å². The normalized spacial score (nSPS) is 11.4. The van der Waals surface area contributed by atoms with E-state index in [4.69, 9.17) is 5.73 Å². The molecule has 1 amide bonds. The fourth-order valence-corrected chi connectivity index (χ4v) is 2.74. The molecule has 5 nitrogen and oxygen atoms in total. The Labute approximate surface area is 125 Å². The van der Waals surface area contributed by atoms with Gasteiger partial charge in [0.05, 0.1) is 11.3 Å². The smallest absolute Gasteiger partial charge is 0.230 e. The third kappa shape index (κ3) is 4.76. The second-order valence-electron chi connectivity index (χ2n) is 4.96. The van der Waals surface area contributed by atoms with E-state index in [1.54, 1.807) is 0 Å². The van der Waals surface area contributed by atoms with Crippen molar-refractivity contribution < 1.29 is 4.79 Å². The van der Waals surface area contributed by atoms with E-state index in [-0.39, 0.29) is 11.4 Å². The van der Waals surface area contributed by atoms with Gasteiger partial charge in [0.1, 0.15) is 0 Å². The van der Waals surface area contributed by atoms with Gasteiger partial charge in [-0.3, -0.25) is 4.79 Å². The Balaban J connectivity index is 2.59. The van der Waals surface area contributed by atoms with Crippen molar-refractivity contribution in [3.8, 4) is 0 Å². The molecule has 0 fully saturated rings. The van der Waals surface area contributed by atoms with Gasteiger partial charge in [-0.1, -0.05) is 25.6 Å². The molecule has 0 unspecified atom stereocenters. The molecule has 0 spiro atoms. The lowest BCUT2D eigenvalue weighted by molar-refractivity contribution is -0.120. The minimum Gasteiger partial charge on any atom is -0.349 e. The molecule has 0 radical (unpaired) electrons. The molecular formula is C14H24N4OS. The van der Waals surface area contributed by atoms with Gasteiger partial charge < -0.3 is 11.1 Å². The molecule has 0 bridgehead atoms. The number of hydrogen-bond donors (Lipinski definition) is 2. The Morgan fingerprint density at radius 3 is 2.30 bits per heavy atom. The number of aromatic nitrogens is 2. The topological polar surface area (TPSA) is 80.9 Å². The van der Waals surface area contributed by atoms with Crippen LogP contribution in [-0.2, 0) is 4.79 Å². The lowest BCUT2D eigenvalue weighted by Crippen LogP contribution is -2.53. The minimum atomic E-state index is -0.291. The summed E-state index contributed by atoms with van der Waals surface area (Å²) in [5, 5.41) is 3.68. The second-order valence-corrected chi connectivity index (χ2v) is 5.90. The van der Waals surface area contributed by atoms with Crippen LogP contribution in [-0.4, -0.2) is 33.7 Å². The van der Waals surface area contributed by atoms with Crippen LogP contribution in [0.15, 0.2) is 11.2 Å². The first-order valence-electron chi connectivity index (χ1n) is 6.91. The molecule has 3 N–H and O–H groups in total. The molecule has 112 valence electrons. The second kappa shape index (κ2) is 7.59. The van der Waals surface area contributed by atoms with Crippen molar-refractivity contribution in [1.82, 2.24) is 15.3 Å². The molecule has 1 heterocycles. The number of nitrogens with two attached hydrogens (primary N) is 1. The summed E-state index contributed by atoms with van der Waals surface area (Å²) in [5.41, 5.74) is 7.32. The maximum Gasteiger partial charge on any atom is 0.230 e. The van der Waals surface area contributed by atoms with Crippen LogP contribution in [0.3, 0.4) is 0 Å². The molecule has 1 aromatic heterocycles. The third-order valence-corrected chi connectivity index (χ3v) is 4.29. The summed E-state index contributed by atoms with van der Waals surface area (Å²) in [5.74, 6) is 0.289. The van der Waals surface area contributed by atoms with Crippen molar-refractivity contribution >= 4 is 17.7 Å². The Morgan fingerprint density at radius 2 is 1.85 bits per heavy atom. The molecule has 0 saturated carbocycles. The van der Waals surface area contributed by atoms with Crippen molar-refractivity contribution in [2.45, 2.75) is 51.2 Å². The Hall–Kier alpha value is -1.14. The zero-order valence-electron chi connectivity index (χ0n) is 12.7. The van der Waals surface area contributed by atoms with Gasteiger partial charge in [0.2, 0.25) is 5.91 Å². The average molecular weight is 296 g/mol. The van der Waals surface area contributed by atoms with E-state index in [1.165, 1.54) is 11.8 Å². The first-order valence-corrected chi connectivity index (χ1v) is 7.89. The van der Waals surface area contributed by atoms with Crippen LogP contribution in [0.4, 0.5) is 0 Å². The molecule has 0 aliphatic heterocycles. The number of nitrogens with one attached hydrogen (secondary N) is 1. The van der Waals surface area contributed by atoms with Crippen LogP contribution in [0.2, 0.25) is 0 Å². The number of aryl methyl sites for hydroxylation is 2. The molecule has 1 aromatic rings.